The molecule has 0 N–H and O–H groups in total. The molecule has 1 aliphatic rings. The summed E-state index contributed by atoms with van der Waals surface area (Å²) in [6.07, 6.45) is 5.32. The summed E-state index contributed by atoms with van der Waals surface area (Å²) in [7, 11) is 0. The molecule has 0 saturated carbocycles. The van der Waals surface area contributed by atoms with Crippen molar-refractivity contribution < 1.29 is 4.39 Å². The minimum absolute atomic E-state index is 0.272. The highest BCUT2D eigenvalue weighted by Crippen LogP contribution is 2.32. The van der Waals surface area contributed by atoms with Gasteiger partial charge in [-0.15, -0.1) is 0 Å². The summed E-state index contributed by atoms with van der Waals surface area (Å²) in [5.41, 5.74) is 5.91. The highest BCUT2D eigenvalue weighted by molar-refractivity contribution is 5.88. The summed E-state index contributed by atoms with van der Waals surface area (Å²) in [5.74, 6) is -0.272. The van der Waals surface area contributed by atoms with E-state index in [1.807, 2.05) is 43.6 Å². The van der Waals surface area contributed by atoms with Crippen LogP contribution in [0.1, 0.15) is 16.8 Å². The van der Waals surface area contributed by atoms with Crippen LogP contribution in [0.25, 0.3) is 22.4 Å². The van der Waals surface area contributed by atoms with Crippen LogP contribution >= 0.6 is 0 Å². The van der Waals surface area contributed by atoms with Gasteiger partial charge in [0, 0.05) is 40.9 Å². The SMILES string of the molecule is Cc1ccc(F)c(-c2ncccc2-c2cnc3c(c2)C=NC3)c1. The second kappa shape index (κ2) is 5.39. The number of rotatable bonds is 2. The van der Waals surface area contributed by atoms with Crippen LogP contribution in [0, 0.1) is 12.7 Å². The zero-order valence-corrected chi connectivity index (χ0v) is 12.6. The third kappa shape index (κ3) is 2.42. The van der Waals surface area contributed by atoms with Crippen LogP contribution in [0.15, 0.2) is 53.8 Å². The molecule has 4 heteroatoms. The minimum atomic E-state index is -0.272. The molecule has 1 aliphatic heterocycles. The van der Waals surface area contributed by atoms with Crippen LogP contribution in [0.3, 0.4) is 0 Å². The molecule has 3 aromatic rings. The number of aliphatic imine (C=N–C) groups is 1. The molecule has 0 bridgehead atoms. The van der Waals surface area contributed by atoms with Gasteiger partial charge >= 0.3 is 0 Å². The molecule has 0 spiro atoms. The molecular weight excluding hydrogens is 289 g/mol. The lowest BCUT2D eigenvalue weighted by Crippen LogP contribution is -1.95. The zero-order chi connectivity index (χ0) is 15.8. The lowest BCUT2D eigenvalue weighted by atomic mass is 9.98. The largest absolute Gasteiger partial charge is 0.286 e. The first-order chi connectivity index (χ1) is 11.2. The standard InChI is InChI=1S/C19H14FN3/c1-12-4-5-17(20)16(7-12)19-15(3-2-6-22-19)13-8-14-9-21-11-18(14)23-10-13/h2-10H,11H2,1H3. The van der Waals surface area contributed by atoms with E-state index in [4.69, 9.17) is 0 Å². The molecule has 0 fully saturated rings. The number of halogens is 1. The summed E-state index contributed by atoms with van der Waals surface area (Å²) < 4.78 is 14.3. The van der Waals surface area contributed by atoms with Crippen LogP contribution in [0.4, 0.5) is 4.39 Å². The van der Waals surface area contributed by atoms with Gasteiger partial charge < -0.3 is 0 Å². The molecule has 23 heavy (non-hydrogen) atoms. The van der Waals surface area contributed by atoms with Crippen molar-refractivity contribution in [2.24, 2.45) is 4.99 Å². The summed E-state index contributed by atoms with van der Waals surface area (Å²) in [5, 5.41) is 0. The maximum atomic E-state index is 14.3. The summed E-state index contributed by atoms with van der Waals surface area (Å²) in [6.45, 7) is 2.57. The first kappa shape index (κ1) is 13.8. The molecule has 0 atom stereocenters. The van der Waals surface area contributed by atoms with E-state index in [1.165, 1.54) is 6.07 Å². The molecule has 3 heterocycles. The van der Waals surface area contributed by atoms with Gasteiger partial charge in [0.1, 0.15) is 5.82 Å². The van der Waals surface area contributed by atoms with Gasteiger partial charge in [0.2, 0.25) is 0 Å². The van der Waals surface area contributed by atoms with Gasteiger partial charge in [-0.1, -0.05) is 17.7 Å². The highest BCUT2D eigenvalue weighted by Gasteiger charge is 2.15. The maximum Gasteiger partial charge on any atom is 0.132 e. The zero-order valence-electron chi connectivity index (χ0n) is 12.6. The van der Waals surface area contributed by atoms with Crippen LogP contribution in [0.2, 0.25) is 0 Å². The normalized spacial score (nSPS) is 12.4. The van der Waals surface area contributed by atoms with Crippen molar-refractivity contribution in [3.63, 3.8) is 0 Å². The minimum Gasteiger partial charge on any atom is -0.286 e. The molecule has 2 aromatic heterocycles. The van der Waals surface area contributed by atoms with E-state index < -0.39 is 0 Å². The van der Waals surface area contributed by atoms with Crippen LogP contribution in [-0.4, -0.2) is 16.2 Å². The van der Waals surface area contributed by atoms with Crippen molar-refractivity contribution in [3.8, 4) is 22.4 Å². The van der Waals surface area contributed by atoms with Gasteiger partial charge in [-0.05, 0) is 31.2 Å². The molecule has 0 amide bonds. The Morgan fingerprint density at radius 1 is 1.04 bits per heavy atom. The van der Waals surface area contributed by atoms with Crippen molar-refractivity contribution >= 4 is 6.21 Å². The number of nitrogens with zero attached hydrogens (tertiary/aromatic N) is 3. The second-order valence-corrected chi connectivity index (χ2v) is 5.61. The Morgan fingerprint density at radius 3 is 2.87 bits per heavy atom. The third-order valence-electron chi connectivity index (χ3n) is 3.97. The van der Waals surface area contributed by atoms with Gasteiger partial charge in [0.05, 0.1) is 17.9 Å². The number of aromatic nitrogens is 2. The monoisotopic (exact) mass is 303 g/mol. The highest BCUT2D eigenvalue weighted by atomic mass is 19.1. The van der Waals surface area contributed by atoms with E-state index in [0.29, 0.717) is 17.8 Å². The molecule has 1 aromatic carbocycles. The van der Waals surface area contributed by atoms with E-state index in [-0.39, 0.29) is 5.82 Å². The summed E-state index contributed by atoms with van der Waals surface area (Å²) in [6, 6.07) is 10.9. The number of benzene rings is 1. The number of hydrogen-bond acceptors (Lipinski definition) is 3. The maximum absolute atomic E-state index is 14.3. The van der Waals surface area contributed by atoms with E-state index in [9.17, 15) is 4.39 Å². The third-order valence-corrected chi connectivity index (χ3v) is 3.97. The molecule has 0 radical (unpaired) electrons. The molecule has 3 nitrogen and oxygen atoms in total. The Bertz CT molecular complexity index is 932. The van der Waals surface area contributed by atoms with E-state index >= 15 is 0 Å². The lowest BCUT2D eigenvalue weighted by Gasteiger charge is -2.11. The molecule has 0 saturated heterocycles. The Labute approximate surface area is 133 Å². The molecular formula is C19H14FN3. The van der Waals surface area contributed by atoms with Gasteiger partial charge in [-0.25, -0.2) is 4.39 Å². The Morgan fingerprint density at radius 2 is 1.96 bits per heavy atom. The Kier molecular flexibility index (Phi) is 3.23. The first-order valence-electron chi connectivity index (χ1n) is 7.43. The van der Waals surface area contributed by atoms with E-state index in [1.54, 1.807) is 12.3 Å². The summed E-state index contributed by atoms with van der Waals surface area (Å²) >= 11 is 0. The fourth-order valence-corrected chi connectivity index (χ4v) is 2.81. The second-order valence-electron chi connectivity index (χ2n) is 5.61. The number of hydrogen-bond donors (Lipinski definition) is 0. The van der Waals surface area contributed by atoms with Crippen molar-refractivity contribution in [1.29, 1.82) is 0 Å². The van der Waals surface area contributed by atoms with Crippen molar-refractivity contribution in [1.82, 2.24) is 9.97 Å². The van der Waals surface area contributed by atoms with Crippen molar-refractivity contribution in [3.05, 3.63) is 71.4 Å². The topological polar surface area (TPSA) is 38.1 Å². The van der Waals surface area contributed by atoms with Crippen molar-refractivity contribution in [2.45, 2.75) is 13.5 Å². The number of pyridine rings is 2. The predicted octanol–water partition coefficient (Wildman–Crippen LogP) is 4.19. The molecule has 4 rings (SSSR count). The van der Waals surface area contributed by atoms with E-state index in [2.05, 4.69) is 15.0 Å². The van der Waals surface area contributed by atoms with E-state index in [0.717, 1.165) is 27.9 Å². The smallest absolute Gasteiger partial charge is 0.132 e. The average Bonchev–Trinajstić information content (AvgIpc) is 3.05. The van der Waals surface area contributed by atoms with Crippen LogP contribution in [-0.2, 0) is 6.54 Å². The molecule has 0 unspecified atom stereocenters. The number of fused-ring (bicyclic) bond motifs is 1. The van der Waals surface area contributed by atoms with Gasteiger partial charge in [0.25, 0.3) is 0 Å². The van der Waals surface area contributed by atoms with Gasteiger partial charge in [-0.3, -0.25) is 15.0 Å². The number of aryl methyl sites for hydroxylation is 1. The molecule has 112 valence electrons. The Hall–Kier alpha value is -2.88. The lowest BCUT2D eigenvalue weighted by molar-refractivity contribution is 0.630. The van der Waals surface area contributed by atoms with Crippen LogP contribution in [0.5, 0.6) is 0 Å². The Balaban J connectivity index is 1.91. The fraction of sp³-hybridized carbons (Fsp3) is 0.105. The predicted molar refractivity (Wildman–Crippen MR) is 88.9 cm³/mol. The molecule has 0 aliphatic carbocycles. The van der Waals surface area contributed by atoms with Gasteiger partial charge in [0.15, 0.2) is 0 Å². The summed E-state index contributed by atoms with van der Waals surface area (Å²) in [4.78, 5) is 13.1. The van der Waals surface area contributed by atoms with Crippen LogP contribution < -0.4 is 0 Å². The quantitative estimate of drug-likeness (QED) is 0.712. The van der Waals surface area contributed by atoms with Gasteiger partial charge in [-0.2, -0.15) is 0 Å². The average molecular weight is 303 g/mol. The first-order valence-corrected chi connectivity index (χ1v) is 7.43. The fourth-order valence-electron chi connectivity index (χ4n) is 2.81. The van der Waals surface area contributed by atoms with Crippen molar-refractivity contribution in [2.75, 3.05) is 0 Å².